The molecule has 1 saturated heterocycles. The molecule has 0 aliphatic carbocycles. The molecule has 8 nitrogen and oxygen atoms in total. The smallest absolute Gasteiger partial charge is 0.231 e. The van der Waals surface area contributed by atoms with Crippen LogP contribution in [0.1, 0.15) is 5.56 Å². The molecule has 3 aliphatic rings. The van der Waals surface area contributed by atoms with Crippen LogP contribution in [-0.2, 0) is 11.2 Å². The Kier molecular flexibility index (Phi) is 4.16. The number of aromatic nitrogens is 3. The van der Waals surface area contributed by atoms with E-state index in [1.807, 2.05) is 24.4 Å². The first-order valence-electron chi connectivity index (χ1n) is 10.2. The molecule has 0 bridgehead atoms. The molecule has 3 aromatic rings. The van der Waals surface area contributed by atoms with E-state index in [-0.39, 0.29) is 6.79 Å². The summed E-state index contributed by atoms with van der Waals surface area (Å²) >= 11 is 0. The zero-order valence-corrected chi connectivity index (χ0v) is 16.5. The average Bonchev–Trinajstić information content (AvgIpc) is 3.46. The molecule has 1 aromatic carbocycles. The Balaban J connectivity index is 1.47. The van der Waals surface area contributed by atoms with Gasteiger partial charge in [-0.15, -0.1) is 0 Å². The summed E-state index contributed by atoms with van der Waals surface area (Å²) in [6.45, 7) is 4.06. The molecule has 2 aromatic heterocycles. The van der Waals surface area contributed by atoms with Gasteiger partial charge in [0.05, 0.1) is 18.9 Å². The maximum atomic E-state index is 5.59. The number of pyridine rings is 1. The third-order valence-corrected chi connectivity index (χ3v) is 5.71. The molecule has 0 saturated carbocycles. The van der Waals surface area contributed by atoms with Crippen molar-refractivity contribution in [3.05, 3.63) is 48.3 Å². The van der Waals surface area contributed by atoms with Crippen molar-refractivity contribution in [2.24, 2.45) is 0 Å². The fourth-order valence-corrected chi connectivity index (χ4v) is 4.19. The van der Waals surface area contributed by atoms with Crippen molar-refractivity contribution in [3.8, 4) is 22.8 Å². The highest BCUT2D eigenvalue weighted by Gasteiger charge is 2.30. The zero-order valence-electron chi connectivity index (χ0n) is 16.5. The van der Waals surface area contributed by atoms with Crippen LogP contribution in [0.25, 0.3) is 11.3 Å². The molecule has 0 radical (unpaired) electrons. The lowest BCUT2D eigenvalue weighted by Crippen LogP contribution is -2.37. The van der Waals surface area contributed by atoms with E-state index >= 15 is 0 Å². The molecular weight excluding hydrogens is 382 g/mol. The largest absolute Gasteiger partial charge is 0.454 e. The van der Waals surface area contributed by atoms with E-state index in [2.05, 4.69) is 26.9 Å². The second-order valence-electron chi connectivity index (χ2n) is 7.45. The normalized spacial score (nSPS) is 17.3. The van der Waals surface area contributed by atoms with Crippen molar-refractivity contribution in [3.63, 3.8) is 0 Å². The van der Waals surface area contributed by atoms with E-state index in [4.69, 9.17) is 24.2 Å². The molecule has 0 atom stereocenters. The Morgan fingerprint density at radius 3 is 2.70 bits per heavy atom. The lowest BCUT2D eigenvalue weighted by atomic mass is 10.1. The highest BCUT2D eigenvalue weighted by molar-refractivity contribution is 5.77. The molecule has 0 amide bonds. The number of benzene rings is 1. The summed E-state index contributed by atoms with van der Waals surface area (Å²) in [5.41, 5.74) is 4.16. The minimum atomic E-state index is 0.268. The monoisotopic (exact) mass is 403 g/mol. The second-order valence-corrected chi connectivity index (χ2v) is 7.45. The first-order chi connectivity index (χ1) is 14.9. The van der Waals surface area contributed by atoms with Crippen LogP contribution >= 0.6 is 0 Å². The van der Waals surface area contributed by atoms with Gasteiger partial charge in [-0.25, -0.2) is 4.98 Å². The van der Waals surface area contributed by atoms with Crippen LogP contribution in [0.5, 0.6) is 11.5 Å². The summed E-state index contributed by atoms with van der Waals surface area (Å²) in [5.74, 6) is 3.24. The minimum Gasteiger partial charge on any atom is -0.454 e. The highest BCUT2D eigenvalue weighted by Crippen LogP contribution is 2.42. The summed E-state index contributed by atoms with van der Waals surface area (Å²) < 4.78 is 16.6. The number of anilines is 3. The number of hydrogen-bond acceptors (Lipinski definition) is 8. The molecule has 8 heteroatoms. The fraction of sp³-hybridized carbons (Fsp3) is 0.318. The molecule has 0 unspecified atom stereocenters. The van der Waals surface area contributed by atoms with Gasteiger partial charge < -0.3 is 24.0 Å². The third kappa shape index (κ3) is 2.91. The van der Waals surface area contributed by atoms with Gasteiger partial charge in [-0.3, -0.25) is 4.98 Å². The van der Waals surface area contributed by atoms with Crippen molar-refractivity contribution in [2.45, 2.75) is 6.42 Å². The maximum absolute atomic E-state index is 5.59. The Hall–Kier alpha value is -3.39. The second kappa shape index (κ2) is 7.14. The van der Waals surface area contributed by atoms with Gasteiger partial charge in [-0.05, 0) is 30.7 Å². The SMILES string of the molecule is c1cncc(-c2nc(N3CCOCC3)nc3c2CCN3c2ccc3c(c2)OCO3)c1. The minimum absolute atomic E-state index is 0.268. The van der Waals surface area contributed by atoms with Crippen molar-refractivity contribution in [1.82, 2.24) is 15.0 Å². The molecule has 6 rings (SSSR count). The number of nitrogens with zero attached hydrogens (tertiary/aromatic N) is 5. The summed E-state index contributed by atoms with van der Waals surface area (Å²) in [7, 11) is 0. The van der Waals surface area contributed by atoms with Crippen LogP contribution in [-0.4, -0.2) is 54.6 Å². The number of hydrogen-bond donors (Lipinski definition) is 0. The molecule has 30 heavy (non-hydrogen) atoms. The van der Waals surface area contributed by atoms with Gasteiger partial charge in [-0.2, -0.15) is 4.98 Å². The molecule has 152 valence electrons. The van der Waals surface area contributed by atoms with Crippen LogP contribution < -0.4 is 19.3 Å². The quantitative estimate of drug-likeness (QED) is 0.661. The van der Waals surface area contributed by atoms with E-state index in [0.717, 1.165) is 71.8 Å². The lowest BCUT2D eigenvalue weighted by molar-refractivity contribution is 0.122. The van der Waals surface area contributed by atoms with Crippen LogP contribution in [0.4, 0.5) is 17.5 Å². The van der Waals surface area contributed by atoms with Crippen molar-refractivity contribution in [2.75, 3.05) is 49.4 Å². The van der Waals surface area contributed by atoms with Crippen molar-refractivity contribution < 1.29 is 14.2 Å². The van der Waals surface area contributed by atoms with Crippen LogP contribution in [0.2, 0.25) is 0 Å². The highest BCUT2D eigenvalue weighted by atomic mass is 16.7. The van der Waals surface area contributed by atoms with E-state index in [1.54, 1.807) is 6.20 Å². The Morgan fingerprint density at radius 1 is 0.933 bits per heavy atom. The van der Waals surface area contributed by atoms with Gasteiger partial charge >= 0.3 is 0 Å². The summed E-state index contributed by atoms with van der Waals surface area (Å²) in [6.07, 6.45) is 4.53. The van der Waals surface area contributed by atoms with Crippen LogP contribution in [0, 0.1) is 0 Å². The fourth-order valence-electron chi connectivity index (χ4n) is 4.19. The van der Waals surface area contributed by atoms with E-state index in [1.165, 1.54) is 0 Å². The standard InChI is InChI=1S/C22H21N5O3/c1-2-15(13-23-6-1)20-17-5-7-27(16-3-4-18-19(12-16)30-14-29-18)21(17)25-22(24-20)26-8-10-28-11-9-26/h1-4,6,12-13H,5,7-11,14H2. The van der Waals surface area contributed by atoms with Gasteiger partial charge in [0.1, 0.15) is 5.82 Å². The topological polar surface area (TPSA) is 72.8 Å². The van der Waals surface area contributed by atoms with E-state index in [0.29, 0.717) is 13.2 Å². The van der Waals surface area contributed by atoms with Crippen LogP contribution in [0.3, 0.4) is 0 Å². The van der Waals surface area contributed by atoms with Gasteiger partial charge in [0.15, 0.2) is 11.5 Å². The predicted octanol–water partition coefficient (Wildman–Crippen LogP) is 2.80. The van der Waals surface area contributed by atoms with Crippen molar-refractivity contribution in [1.29, 1.82) is 0 Å². The van der Waals surface area contributed by atoms with Gasteiger partial charge in [0, 0.05) is 54.9 Å². The lowest BCUT2D eigenvalue weighted by Gasteiger charge is -2.28. The summed E-state index contributed by atoms with van der Waals surface area (Å²) in [5, 5.41) is 0. The molecule has 5 heterocycles. The number of morpholine rings is 1. The van der Waals surface area contributed by atoms with Gasteiger partial charge in [-0.1, -0.05) is 0 Å². The summed E-state index contributed by atoms with van der Waals surface area (Å²) in [6, 6.07) is 10.0. The Labute approximate surface area is 174 Å². The van der Waals surface area contributed by atoms with Gasteiger partial charge in [0.25, 0.3) is 0 Å². The van der Waals surface area contributed by atoms with Crippen LogP contribution in [0.15, 0.2) is 42.7 Å². The van der Waals surface area contributed by atoms with E-state index < -0.39 is 0 Å². The predicted molar refractivity (Wildman–Crippen MR) is 112 cm³/mol. The Bertz CT molecular complexity index is 1090. The first-order valence-corrected chi connectivity index (χ1v) is 10.2. The molecule has 3 aliphatic heterocycles. The molecule has 1 fully saturated rings. The Morgan fingerprint density at radius 2 is 1.83 bits per heavy atom. The molecule has 0 N–H and O–H groups in total. The number of ether oxygens (including phenoxy) is 3. The average molecular weight is 403 g/mol. The molecule has 0 spiro atoms. The first kappa shape index (κ1) is 17.5. The van der Waals surface area contributed by atoms with E-state index in [9.17, 15) is 0 Å². The molecular formula is C22H21N5O3. The summed E-state index contributed by atoms with van der Waals surface area (Å²) in [4.78, 5) is 18.7. The van der Waals surface area contributed by atoms with Gasteiger partial charge in [0.2, 0.25) is 12.7 Å². The number of fused-ring (bicyclic) bond motifs is 2. The number of rotatable bonds is 3. The zero-order chi connectivity index (χ0) is 19.9. The van der Waals surface area contributed by atoms with Crippen molar-refractivity contribution >= 4 is 17.5 Å². The maximum Gasteiger partial charge on any atom is 0.231 e. The third-order valence-electron chi connectivity index (χ3n) is 5.71.